The first-order valence-electron chi connectivity index (χ1n) is 8.86. The van der Waals surface area contributed by atoms with Gasteiger partial charge in [-0.15, -0.1) is 0 Å². The molecule has 10 heteroatoms. The summed E-state index contributed by atoms with van der Waals surface area (Å²) >= 11 is 0. The molecule has 150 valence electrons. The van der Waals surface area contributed by atoms with Gasteiger partial charge in [-0.05, 0) is 25.0 Å². The Morgan fingerprint density at radius 2 is 1.96 bits per heavy atom. The lowest BCUT2D eigenvalue weighted by atomic mass is 9.82. The fourth-order valence-electron chi connectivity index (χ4n) is 3.39. The summed E-state index contributed by atoms with van der Waals surface area (Å²) in [5.74, 6) is -2.31. The predicted molar refractivity (Wildman–Crippen MR) is 94.3 cm³/mol. The van der Waals surface area contributed by atoms with Crippen molar-refractivity contribution in [3.05, 3.63) is 23.8 Å². The molecule has 1 spiro atoms. The first kappa shape index (κ1) is 19.5. The lowest BCUT2D eigenvalue weighted by Gasteiger charge is -2.30. The summed E-state index contributed by atoms with van der Waals surface area (Å²) in [7, 11) is 1.41. The molecule has 1 aliphatic carbocycles. The van der Waals surface area contributed by atoms with Gasteiger partial charge in [-0.25, -0.2) is 9.59 Å². The number of aromatic hydroxyl groups is 1. The minimum atomic E-state index is -0.964. The standard InChI is InChI=1S/C18H21N3O7/c1-27-11-5-6-12(13(22)9-11)15(24)28-10-14(23)20-21-16(25)18(19-17(21)26)7-3-2-4-8-18/h5-6,9,22H,2-4,7-8,10H2,1H3,(H,19,26)(H,20,23). The molecule has 1 aliphatic heterocycles. The molecule has 1 aromatic rings. The molecule has 28 heavy (non-hydrogen) atoms. The van der Waals surface area contributed by atoms with E-state index in [-0.39, 0.29) is 11.3 Å². The Morgan fingerprint density at radius 3 is 2.61 bits per heavy atom. The number of nitrogens with zero attached hydrogens (tertiary/aromatic N) is 1. The Kier molecular flexibility index (Phi) is 5.39. The highest BCUT2D eigenvalue weighted by Crippen LogP contribution is 2.33. The average molecular weight is 391 g/mol. The summed E-state index contributed by atoms with van der Waals surface area (Å²) < 4.78 is 9.76. The van der Waals surface area contributed by atoms with Gasteiger partial charge >= 0.3 is 12.0 Å². The van der Waals surface area contributed by atoms with Crippen LogP contribution < -0.4 is 15.5 Å². The average Bonchev–Trinajstić information content (AvgIpc) is 2.90. The third-order valence-corrected chi connectivity index (χ3v) is 4.86. The van der Waals surface area contributed by atoms with Crippen LogP contribution in [0.4, 0.5) is 4.79 Å². The van der Waals surface area contributed by atoms with E-state index in [9.17, 15) is 24.3 Å². The molecule has 0 radical (unpaired) electrons. The zero-order valence-electron chi connectivity index (χ0n) is 15.3. The number of phenolic OH excluding ortho intramolecular Hbond substituents is 1. The topological polar surface area (TPSA) is 134 Å². The largest absolute Gasteiger partial charge is 0.507 e. The van der Waals surface area contributed by atoms with Gasteiger partial charge in [0.25, 0.3) is 11.8 Å². The Hall–Kier alpha value is -3.30. The van der Waals surface area contributed by atoms with Crippen LogP contribution in [0, 0.1) is 0 Å². The van der Waals surface area contributed by atoms with Crippen molar-refractivity contribution in [2.75, 3.05) is 13.7 Å². The molecule has 2 aliphatic rings. The van der Waals surface area contributed by atoms with Crippen LogP contribution in [0.3, 0.4) is 0 Å². The highest BCUT2D eigenvalue weighted by molar-refractivity contribution is 6.08. The monoisotopic (exact) mass is 391 g/mol. The van der Waals surface area contributed by atoms with Crippen molar-refractivity contribution in [1.82, 2.24) is 15.8 Å². The number of urea groups is 1. The van der Waals surface area contributed by atoms with Gasteiger partial charge in [-0.3, -0.25) is 15.0 Å². The SMILES string of the molecule is COc1ccc(C(=O)OCC(=O)NN2C(=O)NC3(CCCCC3)C2=O)c(O)c1. The second kappa shape index (κ2) is 7.75. The number of methoxy groups -OCH3 is 1. The molecule has 0 bridgehead atoms. The summed E-state index contributed by atoms with van der Waals surface area (Å²) in [6.45, 7) is -0.728. The molecule has 3 rings (SSSR count). The van der Waals surface area contributed by atoms with Crippen molar-refractivity contribution in [3.63, 3.8) is 0 Å². The summed E-state index contributed by atoms with van der Waals surface area (Å²) in [5, 5.41) is 13.1. The number of carbonyl (C=O) groups is 4. The van der Waals surface area contributed by atoms with Crippen molar-refractivity contribution in [2.45, 2.75) is 37.6 Å². The number of hydrogen-bond donors (Lipinski definition) is 3. The number of benzene rings is 1. The zero-order chi connectivity index (χ0) is 20.3. The number of phenols is 1. The predicted octanol–water partition coefficient (Wildman–Crippen LogP) is 0.843. The number of nitrogens with one attached hydrogen (secondary N) is 2. The smallest absolute Gasteiger partial charge is 0.344 e. The molecule has 2 fully saturated rings. The molecular weight excluding hydrogens is 370 g/mol. The summed E-state index contributed by atoms with van der Waals surface area (Å²) in [6, 6.07) is 3.26. The summed E-state index contributed by atoms with van der Waals surface area (Å²) in [5.41, 5.74) is 1.05. The lowest BCUT2D eigenvalue weighted by Crippen LogP contribution is -2.51. The summed E-state index contributed by atoms with van der Waals surface area (Å²) in [4.78, 5) is 48.7. The van der Waals surface area contributed by atoms with Crippen LogP contribution in [0.15, 0.2) is 18.2 Å². The number of esters is 1. The molecule has 10 nitrogen and oxygen atoms in total. The molecule has 4 amide bonds. The third kappa shape index (κ3) is 3.71. The molecule has 0 aromatic heterocycles. The van der Waals surface area contributed by atoms with Gasteiger partial charge in [0, 0.05) is 6.07 Å². The van der Waals surface area contributed by atoms with E-state index in [2.05, 4.69) is 10.7 Å². The van der Waals surface area contributed by atoms with Gasteiger partial charge in [-0.2, -0.15) is 5.01 Å². The second-order valence-corrected chi connectivity index (χ2v) is 6.71. The third-order valence-electron chi connectivity index (χ3n) is 4.86. The Bertz CT molecular complexity index is 817. The van der Waals surface area contributed by atoms with Gasteiger partial charge in [0.05, 0.1) is 7.11 Å². The van der Waals surface area contributed by atoms with Crippen LogP contribution in [-0.2, 0) is 14.3 Å². The van der Waals surface area contributed by atoms with Crippen LogP contribution in [0.25, 0.3) is 0 Å². The fraction of sp³-hybridized carbons (Fsp3) is 0.444. The van der Waals surface area contributed by atoms with Gasteiger partial charge in [0.15, 0.2) is 6.61 Å². The number of imide groups is 1. The molecular formula is C18H21N3O7. The number of ether oxygens (including phenoxy) is 2. The zero-order valence-corrected chi connectivity index (χ0v) is 15.3. The minimum absolute atomic E-state index is 0.148. The van der Waals surface area contributed by atoms with E-state index in [0.717, 1.165) is 19.3 Å². The Morgan fingerprint density at radius 1 is 1.25 bits per heavy atom. The summed E-state index contributed by atoms with van der Waals surface area (Å²) in [6.07, 6.45) is 3.67. The van der Waals surface area contributed by atoms with Crippen LogP contribution in [0.1, 0.15) is 42.5 Å². The fourth-order valence-corrected chi connectivity index (χ4v) is 3.39. The number of hydrogen-bond acceptors (Lipinski definition) is 7. The maximum atomic E-state index is 12.6. The second-order valence-electron chi connectivity index (χ2n) is 6.71. The number of hydrazine groups is 1. The molecule has 1 saturated heterocycles. The van der Waals surface area contributed by atoms with E-state index in [0.29, 0.717) is 23.6 Å². The minimum Gasteiger partial charge on any atom is -0.507 e. The van der Waals surface area contributed by atoms with Gasteiger partial charge in [-0.1, -0.05) is 19.3 Å². The van der Waals surface area contributed by atoms with Crippen molar-refractivity contribution >= 4 is 23.8 Å². The first-order valence-corrected chi connectivity index (χ1v) is 8.86. The van der Waals surface area contributed by atoms with E-state index >= 15 is 0 Å². The van der Waals surface area contributed by atoms with Crippen LogP contribution >= 0.6 is 0 Å². The van der Waals surface area contributed by atoms with E-state index in [1.54, 1.807) is 0 Å². The molecule has 1 saturated carbocycles. The van der Waals surface area contributed by atoms with Crippen LogP contribution in [0.2, 0.25) is 0 Å². The maximum Gasteiger partial charge on any atom is 0.344 e. The number of amides is 4. The maximum absolute atomic E-state index is 12.6. The number of carbonyl (C=O) groups excluding carboxylic acids is 4. The van der Waals surface area contributed by atoms with E-state index in [4.69, 9.17) is 9.47 Å². The van der Waals surface area contributed by atoms with Crippen molar-refractivity contribution in [1.29, 1.82) is 0 Å². The van der Waals surface area contributed by atoms with Gasteiger partial charge < -0.3 is 19.9 Å². The van der Waals surface area contributed by atoms with E-state index in [1.807, 2.05) is 0 Å². The Balaban J connectivity index is 1.56. The molecule has 3 N–H and O–H groups in total. The van der Waals surface area contributed by atoms with Crippen molar-refractivity contribution in [3.8, 4) is 11.5 Å². The highest BCUT2D eigenvalue weighted by atomic mass is 16.5. The van der Waals surface area contributed by atoms with Crippen LogP contribution in [0.5, 0.6) is 11.5 Å². The highest BCUT2D eigenvalue weighted by Gasteiger charge is 2.52. The van der Waals surface area contributed by atoms with Crippen molar-refractivity contribution < 1.29 is 33.8 Å². The lowest BCUT2D eigenvalue weighted by molar-refractivity contribution is -0.140. The Labute approximate surface area is 160 Å². The molecule has 1 heterocycles. The molecule has 1 aromatic carbocycles. The number of rotatable bonds is 5. The van der Waals surface area contributed by atoms with E-state index in [1.165, 1.54) is 25.3 Å². The van der Waals surface area contributed by atoms with Crippen molar-refractivity contribution in [2.24, 2.45) is 0 Å². The normalized spacial score (nSPS) is 18.0. The molecule has 0 atom stereocenters. The van der Waals surface area contributed by atoms with Crippen LogP contribution in [-0.4, -0.2) is 53.2 Å². The quantitative estimate of drug-likeness (QED) is 0.500. The van der Waals surface area contributed by atoms with Gasteiger partial charge in [0.2, 0.25) is 0 Å². The van der Waals surface area contributed by atoms with Gasteiger partial charge in [0.1, 0.15) is 22.6 Å². The first-order chi connectivity index (χ1) is 13.4. The van der Waals surface area contributed by atoms with E-state index < -0.39 is 36.0 Å². The molecule has 0 unspecified atom stereocenters.